The molecule has 0 aliphatic heterocycles. The minimum Gasteiger partial charge on any atom is -0.303 e. The molecule has 1 aromatic heterocycles. The Morgan fingerprint density at radius 3 is 3.00 bits per heavy atom. The fraction of sp³-hybridized carbons (Fsp3) is 0.286. The number of nitrogens with one attached hydrogen (secondary N) is 1. The third-order valence-electron chi connectivity index (χ3n) is 1.26. The van der Waals surface area contributed by atoms with Gasteiger partial charge >= 0.3 is 0 Å². The van der Waals surface area contributed by atoms with Gasteiger partial charge in [-0.3, -0.25) is 10.1 Å². The van der Waals surface area contributed by atoms with Gasteiger partial charge in [-0.25, -0.2) is 4.98 Å². The largest absolute Gasteiger partial charge is 0.303 e. The quantitative estimate of drug-likeness (QED) is 0.688. The molecule has 4 nitrogen and oxygen atoms in total. The second-order valence-corrected chi connectivity index (χ2v) is 3.72. The minimum atomic E-state index is -1.94. The highest BCUT2D eigenvalue weighted by Crippen LogP contribution is 2.09. The topological polar surface area (TPSA) is 54.9 Å². The van der Waals surface area contributed by atoms with Crippen molar-refractivity contribution in [3.05, 3.63) is 25.5 Å². The van der Waals surface area contributed by atoms with Crippen LogP contribution in [0, 0.1) is 6.92 Å². The molecule has 1 rings (SSSR count). The van der Waals surface area contributed by atoms with Gasteiger partial charge in [-0.2, -0.15) is 0 Å². The van der Waals surface area contributed by atoms with Crippen molar-refractivity contribution in [3.63, 3.8) is 0 Å². The van der Waals surface area contributed by atoms with E-state index in [0.29, 0.717) is 12.0 Å². The normalized spacial score (nSPS) is 12.8. The van der Waals surface area contributed by atoms with E-state index >= 15 is 0 Å². The molecule has 0 saturated heterocycles. The standard InChI is InChI=1S/C7H11N3OP/c1-2-3-10-12(11)7-6-8-4-5-9-7/h4-6,12H,1-3H2,(H,10,11). The second-order valence-electron chi connectivity index (χ2n) is 2.20. The van der Waals surface area contributed by atoms with Gasteiger partial charge in [0.2, 0.25) is 0 Å². The lowest BCUT2D eigenvalue weighted by molar-refractivity contribution is 0.584. The van der Waals surface area contributed by atoms with Crippen molar-refractivity contribution in [1.29, 1.82) is 0 Å². The summed E-state index contributed by atoms with van der Waals surface area (Å²) in [7, 11) is -1.94. The molecule has 5 heteroatoms. The molecule has 1 unspecified atom stereocenters. The fourth-order valence-corrected chi connectivity index (χ4v) is 1.68. The molecule has 0 aliphatic rings. The van der Waals surface area contributed by atoms with Gasteiger partial charge in [0, 0.05) is 18.9 Å². The van der Waals surface area contributed by atoms with Gasteiger partial charge in [-0.05, 0) is 6.42 Å². The Labute approximate surface area is 72.3 Å². The van der Waals surface area contributed by atoms with E-state index in [1.54, 1.807) is 6.20 Å². The molecule has 12 heavy (non-hydrogen) atoms. The van der Waals surface area contributed by atoms with Gasteiger partial charge in [0.05, 0.1) is 6.20 Å². The van der Waals surface area contributed by atoms with Crippen LogP contribution in [-0.2, 0) is 4.57 Å². The third kappa shape index (κ3) is 2.72. The summed E-state index contributed by atoms with van der Waals surface area (Å²) in [6.45, 7) is 4.28. The van der Waals surface area contributed by atoms with Crippen LogP contribution in [0.4, 0.5) is 0 Å². The van der Waals surface area contributed by atoms with E-state index in [4.69, 9.17) is 0 Å². The summed E-state index contributed by atoms with van der Waals surface area (Å²) < 4.78 is 11.3. The summed E-state index contributed by atoms with van der Waals surface area (Å²) in [6, 6.07) is 0. The van der Waals surface area contributed by atoms with Crippen LogP contribution in [0.2, 0.25) is 0 Å². The molecular weight excluding hydrogens is 173 g/mol. The summed E-state index contributed by atoms with van der Waals surface area (Å²) in [5.41, 5.74) is 0.524. The summed E-state index contributed by atoms with van der Waals surface area (Å²) in [5.74, 6) is 0. The van der Waals surface area contributed by atoms with Gasteiger partial charge in [-0.1, -0.05) is 6.92 Å². The summed E-state index contributed by atoms with van der Waals surface area (Å²) in [6.07, 6.45) is 5.32. The van der Waals surface area contributed by atoms with Crippen molar-refractivity contribution in [2.24, 2.45) is 0 Å². The average molecular weight is 184 g/mol. The SMILES string of the molecule is [CH2]CCN[PH](=O)c1cnccn1. The highest BCUT2D eigenvalue weighted by molar-refractivity contribution is 7.51. The zero-order valence-corrected chi connectivity index (χ0v) is 7.66. The smallest absolute Gasteiger partial charge is 0.183 e. The lowest BCUT2D eigenvalue weighted by atomic mass is 10.5. The molecule has 0 aliphatic carbocycles. The zero-order valence-electron chi connectivity index (χ0n) is 6.66. The maximum absolute atomic E-state index is 11.3. The first-order chi connectivity index (χ1) is 5.84. The van der Waals surface area contributed by atoms with E-state index < -0.39 is 7.95 Å². The molecule has 0 fully saturated rings. The number of aromatic nitrogens is 2. The molecule has 65 valence electrons. The highest BCUT2D eigenvalue weighted by Gasteiger charge is 2.01. The Kier molecular flexibility index (Phi) is 3.91. The van der Waals surface area contributed by atoms with Crippen molar-refractivity contribution in [3.8, 4) is 0 Å². The van der Waals surface area contributed by atoms with Crippen LogP contribution >= 0.6 is 7.95 Å². The maximum atomic E-state index is 11.3. The van der Waals surface area contributed by atoms with E-state index in [1.165, 1.54) is 12.4 Å². The number of nitrogens with zero attached hydrogens (tertiary/aromatic N) is 2. The van der Waals surface area contributed by atoms with Crippen LogP contribution in [0.3, 0.4) is 0 Å². The molecule has 0 amide bonds. The van der Waals surface area contributed by atoms with Gasteiger partial charge < -0.3 is 4.57 Å². The van der Waals surface area contributed by atoms with E-state index in [0.717, 1.165) is 6.42 Å². The van der Waals surface area contributed by atoms with E-state index in [1.807, 2.05) is 0 Å². The Balaban J connectivity index is 2.54. The summed E-state index contributed by atoms with van der Waals surface area (Å²) in [4.78, 5) is 7.74. The first-order valence-corrected chi connectivity index (χ1v) is 5.09. The first kappa shape index (κ1) is 9.36. The molecule has 0 spiro atoms. The van der Waals surface area contributed by atoms with Crippen LogP contribution in [0.15, 0.2) is 18.6 Å². The Morgan fingerprint density at radius 2 is 2.42 bits per heavy atom. The summed E-state index contributed by atoms with van der Waals surface area (Å²) >= 11 is 0. The zero-order chi connectivity index (χ0) is 8.81. The van der Waals surface area contributed by atoms with Crippen LogP contribution < -0.4 is 10.5 Å². The Bertz CT molecular complexity index is 252. The Hall–Kier alpha value is -0.730. The van der Waals surface area contributed by atoms with Gasteiger partial charge in [0.1, 0.15) is 5.44 Å². The van der Waals surface area contributed by atoms with Gasteiger partial charge in [0.15, 0.2) is 7.95 Å². The number of rotatable bonds is 4. The highest BCUT2D eigenvalue weighted by atomic mass is 31.1. The monoisotopic (exact) mass is 184 g/mol. The minimum absolute atomic E-state index is 0.524. The van der Waals surface area contributed by atoms with Crippen molar-refractivity contribution >= 4 is 13.4 Å². The van der Waals surface area contributed by atoms with Crippen molar-refractivity contribution < 1.29 is 4.57 Å². The second kappa shape index (κ2) is 5.01. The molecule has 1 atom stereocenters. The van der Waals surface area contributed by atoms with E-state index in [9.17, 15) is 4.57 Å². The van der Waals surface area contributed by atoms with Crippen LogP contribution in [0.5, 0.6) is 0 Å². The van der Waals surface area contributed by atoms with Crippen molar-refractivity contribution in [1.82, 2.24) is 15.1 Å². The molecular formula is C7H11N3OP. The predicted octanol–water partition coefficient (Wildman–Crippen LogP) is 0.390. The molecule has 1 heterocycles. The predicted molar refractivity (Wildman–Crippen MR) is 48.6 cm³/mol. The number of hydrogen-bond donors (Lipinski definition) is 1. The number of hydrogen-bond acceptors (Lipinski definition) is 3. The van der Waals surface area contributed by atoms with Crippen LogP contribution in [0.1, 0.15) is 6.42 Å². The van der Waals surface area contributed by atoms with Gasteiger partial charge in [-0.15, -0.1) is 0 Å². The van der Waals surface area contributed by atoms with Crippen LogP contribution in [0.25, 0.3) is 0 Å². The Morgan fingerprint density at radius 1 is 1.58 bits per heavy atom. The molecule has 0 saturated carbocycles. The maximum Gasteiger partial charge on any atom is 0.183 e. The lowest BCUT2D eigenvalue weighted by Crippen LogP contribution is -2.14. The molecule has 0 aromatic carbocycles. The van der Waals surface area contributed by atoms with E-state index in [-0.39, 0.29) is 0 Å². The molecule has 1 N–H and O–H groups in total. The van der Waals surface area contributed by atoms with Crippen LogP contribution in [-0.4, -0.2) is 16.5 Å². The average Bonchev–Trinajstić information content (AvgIpc) is 2.15. The third-order valence-corrected chi connectivity index (χ3v) is 2.55. The van der Waals surface area contributed by atoms with Gasteiger partial charge in [0.25, 0.3) is 0 Å². The van der Waals surface area contributed by atoms with Crippen molar-refractivity contribution in [2.45, 2.75) is 6.42 Å². The molecule has 1 aromatic rings. The molecule has 1 radical (unpaired) electrons. The lowest BCUT2D eigenvalue weighted by Gasteiger charge is -2.00. The summed E-state index contributed by atoms with van der Waals surface area (Å²) in [5, 5.41) is 2.83. The molecule has 0 bridgehead atoms. The fourth-order valence-electron chi connectivity index (χ4n) is 0.709. The van der Waals surface area contributed by atoms with Crippen molar-refractivity contribution in [2.75, 3.05) is 6.54 Å². The first-order valence-electron chi connectivity index (χ1n) is 3.68. The van der Waals surface area contributed by atoms with E-state index in [2.05, 4.69) is 22.0 Å².